The van der Waals surface area contributed by atoms with Gasteiger partial charge in [-0.15, -0.1) is 11.6 Å². The topological polar surface area (TPSA) is 22.1 Å². The van der Waals surface area contributed by atoms with Gasteiger partial charge in [0.1, 0.15) is 11.5 Å². The Bertz CT molecular complexity index is 755. The second-order valence-corrected chi connectivity index (χ2v) is 4.95. The van der Waals surface area contributed by atoms with Crippen LogP contribution in [0.2, 0.25) is 0 Å². The van der Waals surface area contributed by atoms with E-state index in [2.05, 4.69) is 4.98 Å². The van der Waals surface area contributed by atoms with Crippen molar-refractivity contribution in [1.29, 1.82) is 0 Å². The van der Waals surface area contributed by atoms with Crippen molar-refractivity contribution in [2.45, 2.75) is 12.8 Å². The van der Waals surface area contributed by atoms with Gasteiger partial charge in [0.2, 0.25) is 0 Å². The molecule has 0 bridgehead atoms. The van der Waals surface area contributed by atoms with E-state index in [1.807, 2.05) is 55.5 Å². The normalized spacial score (nSPS) is 10.7. The predicted molar refractivity (Wildman–Crippen MR) is 82.6 cm³/mol. The van der Waals surface area contributed by atoms with E-state index in [-0.39, 0.29) is 0 Å². The first kappa shape index (κ1) is 12.9. The summed E-state index contributed by atoms with van der Waals surface area (Å²) in [6.07, 6.45) is 1.78. The summed E-state index contributed by atoms with van der Waals surface area (Å²) in [5, 5.41) is 1.11. The number of alkyl halides is 1. The van der Waals surface area contributed by atoms with E-state index in [4.69, 9.17) is 16.3 Å². The first-order chi connectivity index (χ1) is 9.76. The van der Waals surface area contributed by atoms with E-state index in [0.29, 0.717) is 5.88 Å². The smallest absolute Gasteiger partial charge is 0.129 e. The van der Waals surface area contributed by atoms with Gasteiger partial charge < -0.3 is 4.74 Å². The molecule has 3 rings (SSSR count). The lowest BCUT2D eigenvalue weighted by Gasteiger charge is -2.09. The fraction of sp³-hybridized carbons (Fsp3) is 0.118. The van der Waals surface area contributed by atoms with Gasteiger partial charge >= 0.3 is 0 Å². The van der Waals surface area contributed by atoms with Crippen LogP contribution in [0.1, 0.15) is 11.1 Å². The first-order valence-corrected chi connectivity index (χ1v) is 6.98. The second kappa shape index (κ2) is 5.51. The molecular formula is C17H14ClNO. The molecule has 0 atom stereocenters. The molecule has 0 N–H and O–H groups in total. The quantitative estimate of drug-likeness (QED) is 0.626. The van der Waals surface area contributed by atoms with Crippen LogP contribution >= 0.6 is 11.6 Å². The van der Waals surface area contributed by atoms with Crippen molar-refractivity contribution in [3.8, 4) is 11.5 Å². The van der Waals surface area contributed by atoms with Crippen LogP contribution < -0.4 is 4.74 Å². The van der Waals surface area contributed by atoms with Gasteiger partial charge in [0.25, 0.3) is 0 Å². The van der Waals surface area contributed by atoms with Crippen LogP contribution in [0.25, 0.3) is 10.9 Å². The highest BCUT2D eigenvalue weighted by molar-refractivity contribution is 6.17. The van der Waals surface area contributed by atoms with Gasteiger partial charge in [0, 0.05) is 23.5 Å². The largest absolute Gasteiger partial charge is 0.457 e. The van der Waals surface area contributed by atoms with Gasteiger partial charge in [-0.25, -0.2) is 0 Å². The number of aryl methyl sites for hydroxylation is 1. The average Bonchev–Trinajstić information content (AvgIpc) is 2.47. The van der Waals surface area contributed by atoms with E-state index in [1.165, 1.54) is 0 Å². The lowest BCUT2D eigenvalue weighted by atomic mass is 10.1. The molecular weight excluding hydrogens is 270 g/mol. The van der Waals surface area contributed by atoms with Gasteiger partial charge in [0.15, 0.2) is 0 Å². The van der Waals surface area contributed by atoms with Gasteiger partial charge in [-0.1, -0.05) is 12.1 Å². The number of nitrogens with zero attached hydrogens (tertiary/aromatic N) is 1. The molecule has 0 radical (unpaired) electrons. The van der Waals surface area contributed by atoms with E-state index in [0.717, 1.165) is 33.5 Å². The number of pyridine rings is 1. The minimum Gasteiger partial charge on any atom is -0.457 e. The minimum absolute atomic E-state index is 0.520. The summed E-state index contributed by atoms with van der Waals surface area (Å²) in [6, 6.07) is 15.8. The number of fused-ring (bicyclic) bond motifs is 1. The van der Waals surface area contributed by atoms with E-state index < -0.39 is 0 Å². The molecule has 1 heterocycles. The molecule has 1 aromatic heterocycles. The number of hydrogen-bond acceptors (Lipinski definition) is 2. The maximum absolute atomic E-state index is 5.88. The fourth-order valence-electron chi connectivity index (χ4n) is 2.13. The van der Waals surface area contributed by atoms with Crippen LogP contribution in [-0.2, 0) is 5.88 Å². The Morgan fingerprint density at radius 2 is 1.85 bits per heavy atom. The molecule has 0 unspecified atom stereocenters. The van der Waals surface area contributed by atoms with Crippen molar-refractivity contribution < 1.29 is 4.74 Å². The van der Waals surface area contributed by atoms with Crippen LogP contribution in [0.15, 0.2) is 54.7 Å². The van der Waals surface area contributed by atoms with Gasteiger partial charge in [-0.05, 0) is 48.4 Å². The van der Waals surface area contributed by atoms with Crippen molar-refractivity contribution in [3.63, 3.8) is 0 Å². The number of aromatic nitrogens is 1. The molecule has 0 amide bonds. The Morgan fingerprint density at radius 3 is 2.65 bits per heavy atom. The first-order valence-electron chi connectivity index (χ1n) is 6.44. The summed E-state index contributed by atoms with van der Waals surface area (Å²) in [6.45, 7) is 2.03. The summed E-state index contributed by atoms with van der Waals surface area (Å²) < 4.78 is 5.88. The van der Waals surface area contributed by atoms with Crippen molar-refractivity contribution >= 4 is 22.5 Å². The Labute approximate surface area is 123 Å². The molecule has 2 nitrogen and oxygen atoms in total. The zero-order valence-corrected chi connectivity index (χ0v) is 11.9. The van der Waals surface area contributed by atoms with E-state index >= 15 is 0 Å². The number of ether oxygens (including phenoxy) is 1. The van der Waals surface area contributed by atoms with Crippen molar-refractivity contribution in [3.05, 3.63) is 65.9 Å². The Balaban J connectivity index is 1.90. The van der Waals surface area contributed by atoms with E-state index in [9.17, 15) is 0 Å². The standard InChI is InChI=1S/C17H14ClNO/c1-12-9-15(7-5-14(12)11-18)20-16-6-4-13-3-2-8-19-17(13)10-16/h2-10H,11H2,1H3. The lowest BCUT2D eigenvalue weighted by Crippen LogP contribution is -1.89. The summed E-state index contributed by atoms with van der Waals surface area (Å²) in [5.74, 6) is 2.12. The molecule has 100 valence electrons. The van der Waals surface area contributed by atoms with Crippen molar-refractivity contribution in [1.82, 2.24) is 4.98 Å². The molecule has 0 saturated heterocycles. The third-order valence-electron chi connectivity index (χ3n) is 3.27. The molecule has 2 aromatic carbocycles. The average molecular weight is 284 g/mol. The highest BCUT2D eigenvalue weighted by Gasteiger charge is 2.03. The third-order valence-corrected chi connectivity index (χ3v) is 3.56. The number of halogens is 1. The monoisotopic (exact) mass is 283 g/mol. The zero-order valence-electron chi connectivity index (χ0n) is 11.1. The maximum Gasteiger partial charge on any atom is 0.129 e. The van der Waals surface area contributed by atoms with E-state index in [1.54, 1.807) is 6.20 Å². The van der Waals surface area contributed by atoms with Crippen LogP contribution in [-0.4, -0.2) is 4.98 Å². The molecule has 0 fully saturated rings. The molecule has 0 spiro atoms. The number of benzene rings is 2. The summed E-state index contributed by atoms with van der Waals surface area (Å²) in [5.41, 5.74) is 3.19. The van der Waals surface area contributed by atoms with Crippen LogP contribution in [0.3, 0.4) is 0 Å². The highest BCUT2D eigenvalue weighted by Crippen LogP contribution is 2.26. The van der Waals surface area contributed by atoms with Crippen molar-refractivity contribution in [2.75, 3.05) is 0 Å². The second-order valence-electron chi connectivity index (χ2n) is 4.68. The SMILES string of the molecule is Cc1cc(Oc2ccc3cccnc3c2)ccc1CCl. The van der Waals surface area contributed by atoms with Crippen LogP contribution in [0, 0.1) is 6.92 Å². The summed E-state index contributed by atoms with van der Waals surface area (Å²) >= 11 is 5.86. The molecule has 0 aliphatic carbocycles. The highest BCUT2D eigenvalue weighted by atomic mass is 35.5. The Hall–Kier alpha value is -2.06. The molecule has 3 heteroatoms. The van der Waals surface area contributed by atoms with Crippen LogP contribution in [0.5, 0.6) is 11.5 Å². The van der Waals surface area contributed by atoms with Gasteiger partial charge in [-0.2, -0.15) is 0 Å². The molecule has 20 heavy (non-hydrogen) atoms. The minimum atomic E-state index is 0.520. The van der Waals surface area contributed by atoms with Gasteiger partial charge in [0.05, 0.1) is 5.52 Å². The van der Waals surface area contributed by atoms with Crippen LogP contribution in [0.4, 0.5) is 0 Å². The third kappa shape index (κ3) is 2.61. The van der Waals surface area contributed by atoms with Gasteiger partial charge in [-0.3, -0.25) is 4.98 Å². The predicted octanol–water partition coefficient (Wildman–Crippen LogP) is 5.07. The number of rotatable bonds is 3. The Kier molecular flexibility index (Phi) is 3.57. The number of hydrogen-bond donors (Lipinski definition) is 0. The maximum atomic E-state index is 5.88. The summed E-state index contributed by atoms with van der Waals surface area (Å²) in [4.78, 5) is 4.33. The Morgan fingerprint density at radius 1 is 1.05 bits per heavy atom. The zero-order chi connectivity index (χ0) is 13.9. The molecule has 3 aromatic rings. The summed E-state index contributed by atoms with van der Waals surface area (Å²) in [7, 11) is 0. The molecule has 0 saturated carbocycles. The molecule has 0 aliphatic heterocycles. The lowest BCUT2D eigenvalue weighted by molar-refractivity contribution is 0.483. The molecule has 0 aliphatic rings. The fourth-order valence-corrected chi connectivity index (χ4v) is 2.43. The van der Waals surface area contributed by atoms with Crippen molar-refractivity contribution in [2.24, 2.45) is 0 Å².